The van der Waals surface area contributed by atoms with Crippen molar-refractivity contribution in [2.75, 3.05) is 38.7 Å². The van der Waals surface area contributed by atoms with Gasteiger partial charge in [-0.25, -0.2) is 0 Å². The van der Waals surface area contributed by atoms with Crippen molar-refractivity contribution < 1.29 is 29.0 Å². The summed E-state index contributed by atoms with van der Waals surface area (Å²) >= 11 is 0. The summed E-state index contributed by atoms with van der Waals surface area (Å²) in [5.74, 6) is 0.366. The van der Waals surface area contributed by atoms with Crippen molar-refractivity contribution in [3.05, 3.63) is 23.8 Å². The van der Waals surface area contributed by atoms with E-state index in [4.69, 9.17) is 9.47 Å². The summed E-state index contributed by atoms with van der Waals surface area (Å²) in [6.45, 7) is 7.06. The van der Waals surface area contributed by atoms with Crippen molar-refractivity contribution >= 4 is 23.4 Å². The van der Waals surface area contributed by atoms with Crippen LogP contribution in [0, 0.1) is 17.8 Å². The van der Waals surface area contributed by atoms with Gasteiger partial charge in [0, 0.05) is 50.2 Å². The van der Waals surface area contributed by atoms with E-state index in [1.807, 2.05) is 31.9 Å². The lowest BCUT2D eigenvalue weighted by Gasteiger charge is -2.36. The molecule has 2 fully saturated rings. The molecule has 0 unspecified atom stereocenters. The van der Waals surface area contributed by atoms with Gasteiger partial charge in [-0.15, -0.1) is 0 Å². The maximum atomic E-state index is 14.4. The quantitative estimate of drug-likeness (QED) is 0.382. The van der Waals surface area contributed by atoms with E-state index >= 15 is 0 Å². The standard InChI is InChI=1S/C36H57N3O6/c1-25-22-39(26(2)24-40)36(43)31-21-30(37-34(41)28-14-7-5-8-15-28)18-19-32(31)45-27(3)13-11-12-20-44-33(25)23-38(4)35(42)29-16-9-6-10-17-29/h18-19,21,25-29,33,40H,5-17,20,22-24H2,1-4H3,(H,37,41)/t25-,26+,27-,33-/m1/s1. The molecule has 9 nitrogen and oxygen atoms in total. The monoisotopic (exact) mass is 627 g/mol. The number of aliphatic hydroxyl groups is 1. The summed E-state index contributed by atoms with van der Waals surface area (Å²) in [4.78, 5) is 44.3. The molecule has 4 atom stereocenters. The molecule has 0 aromatic heterocycles. The van der Waals surface area contributed by atoms with E-state index in [0.29, 0.717) is 36.7 Å². The first-order chi connectivity index (χ1) is 21.7. The topological polar surface area (TPSA) is 108 Å². The summed E-state index contributed by atoms with van der Waals surface area (Å²) in [5, 5.41) is 13.3. The number of carbonyl (C=O) groups excluding carboxylic acids is 3. The molecule has 1 aromatic rings. The minimum Gasteiger partial charge on any atom is -0.490 e. The van der Waals surface area contributed by atoms with E-state index in [-0.39, 0.29) is 54.3 Å². The number of aliphatic hydroxyl groups excluding tert-OH is 1. The lowest BCUT2D eigenvalue weighted by molar-refractivity contribution is -0.138. The molecular weight excluding hydrogens is 570 g/mol. The van der Waals surface area contributed by atoms with E-state index in [0.717, 1.165) is 70.6 Å². The van der Waals surface area contributed by atoms with E-state index in [1.165, 1.54) is 12.8 Å². The van der Waals surface area contributed by atoms with Crippen LogP contribution in [-0.2, 0) is 14.3 Å². The van der Waals surface area contributed by atoms with Crippen LogP contribution in [-0.4, -0.2) is 84.2 Å². The van der Waals surface area contributed by atoms with Crippen molar-refractivity contribution in [2.24, 2.45) is 17.8 Å². The molecule has 1 aromatic carbocycles. The van der Waals surface area contributed by atoms with Crippen LogP contribution in [0.2, 0.25) is 0 Å². The van der Waals surface area contributed by atoms with Gasteiger partial charge in [0.1, 0.15) is 5.75 Å². The summed E-state index contributed by atoms with van der Waals surface area (Å²) in [7, 11) is 1.87. The highest BCUT2D eigenvalue weighted by molar-refractivity contribution is 6.00. The van der Waals surface area contributed by atoms with Gasteiger partial charge in [-0.2, -0.15) is 0 Å². The number of rotatable bonds is 7. The minimum absolute atomic E-state index is 0.00151. The van der Waals surface area contributed by atoms with Crippen LogP contribution in [0.15, 0.2) is 18.2 Å². The lowest BCUT2D eigenvalue weighted by Crippen LogP contribution is -2.48. The van der Waals surface area contributed by atoms with Crippen LogP contribution in [0.1, 0.15) is 115 Å². The summed E-state index contributed by atoms with van der Waals surface area (Å²) < 4.78 is 12.8. The zero-order valence-electron chi connectivity index (χ0n) is 28.1. The minimum atomic E-state index is -0.458. The molecule has 0 bridgehead atoms. The second-order valence-electron chi connectivity index (χ2n) is 13.9. The van der Waals surface area contributed by atoms with Gasteiger partial charge in [0.05, 0.1) is 30.4 Å². The van der Waals surface area contributed by atoms with Gasteiger partial charge < -0.3 is 29.7 Å². The number of likely N-dealkylation sites (N-methyl/N-ethyl adjacent to an activating group) is 1. The number of nitrogens with one attached hydrogen (secondary N) is 1. The van der Waals surface area contributed by atoms with Gasteiger partial charge in [-0.3, -0.25) is 14.4 Å². The zero-order chi connectivity index (χ0) is 32.3. The third-order valence-electron chi connectivity index (χ3n) is 10.1. The number of ether oxygens (including phenoxy) is 2. The van der Waals surface area contributed by atoms with Crippen LogP contribution in [0.4, 0.5) is 5.69 Å². The van der Waals surface area contributed by atoms with Crippen LogP contribution >= 0.6 is 0 Å². The Morgan fingerprint density at radius 3 is 2.29 bits per heavy atom. The summed E-state index contributed by atoms with van der Waals surface area (Å²) in [6, 6.07) is 4.87. The maximum Gasteiger partial charge on any atom is 0.258 e. The predicted octanol–water partition coefficient (Wildman–Crippen LogP) is 6.04. The maximum absolute atomic E-state index is 14.4. The van der Waals surface area contributed by atoms with Crippen molar-refractivity contribution in [3.8, 4) is 5.75 Å². The third kappa shape index (κ3) is 9.92. The molecule has 0 spiro atoms. The Labute approximate surface area is 270 Å². The molecule has 3 aliphatic rings. The molecule has 1 heterocycles. The molecular formula is C36H57N3O6. The lowest BCUT2D eigenvalue weighted by atomic mass is 9.88. The van der Waals surface area contributed by atoms with Gasteiger partial charge in [-0.1, -0.05) is 45.4 Å². The van der Waals surface area contributed by atoms with Crippen molar-refractivity contribution in [1.82, 2.24) is 9.80 Å². The van der Waals surface area contributed by atoms with Gasteiger partial charge in [0.25, 0.3) is 5.91 Å². The molecule has 9 heteroatoms. The number of amides is 3. The molecule has 4 rings (SSSR count). The van der Waals surface area contributed by atoms with Crippen LogP contribution in [0.5, 0.6) is 5.75 Å². The predicted molar refractivity (Wildman–Crippen MR) is 176 cm³/mol. The van der Waals surface area contributed by atoms with E-state index in [1.54, 1.807) is 17.0 Å². The van der Waals surface area contributed by atoms with Crippen LogP contribution < -0.4 is 10.1 Å². The molecule has 3 amide bonds. The van der Waals surface area contributed by atoms with Crippen molar-refractivity contribution in [3.63, 3.8) is 0 Å². The number of hydrogen-bond donors (Lipinski definition) is 2. The molecule has 0 radical (unpaired) electrons. The fraction of sp³-hybridized carbons (Fsp3) is 0.750. The Balaban J connectivity index is 1.58. The summed E-state index contributed by atoms with van der Waals surface area (Å²) in [6.07, 6.45) is 12.6. The number of nitrogens with zero attached hydrogens (tertiary/aromatic N) is 2. The first-order valence-corrected chi connectivity index (χ1v) is 17.6. The molecule has 2 aliphatic carbocycles. The zero-order valence-corrected chi connectivity index (χ0v) is 28.1. The summed E-state index contributed by atoms with van der Waals surface area (Å²) in [5.41, 5.74) is 0.943. The Bertz CT molecular complexity index is 1120. The average Bonchev–Trinajstić information content (AvgIpc) is 3.06. The van der Waals surface area contributed by atoms with Gasteiger partial charge >= 0.3 is 0 Å². The molecule has 2 saturated carbocycles. The fourth-order valence-electron chi connectivity index (χ4n) is 7.09. The Hall–Kier alpha value is -2.65. The normalized spacial score (nSPS) is 25.4. The van der Waals surface area contributed by atoms with Gasteiger partial charge in [0.15, 0.2) is 0 Å². The van der Waals surface area contributed by atoms with E-state index in [9.17, 15) is 19.5 Å². The van der Waals surface area contributed by atoms with Gasteiger partial charge in [-0.05, 0) is 77.0 Å². The second kappa shape index (κ2) is 17.3. The first kappa shape index (κ1) is 35.2. The number of fused-ring (bicyclic) bond motifs is 1. The Kier molecular flexibility index (Phi) is 13.5. The second-order valence-corrected chi connectivity index (χ2v) is 13.9. The van der Waals surface area contributed by atoms with E-state index in [2.05, 4.69) is 12.2 Å². The van der Waals surface area contributed by atoms with Crippen molar-refractivity contribution in [1.29, 1.82) is 0 Å². The number of hydrogen-bond acceptors (Lipinski definition) is 6. The molecule has 2 N–H and O–H groups in total. The number of benzene rings is 1. The third-order valence-corrected chi connectivity index (χ3v) is 10.1. The Morgan fingerprint density at radius 1 is 0.978 bits per heavy atom. The Morgan fingerprint density at radius 2 is 1.62 bits per heavy atom. The fourth-order valence-corrected chi connectivity index (χ4v) is 7.09. The molecule has 0 saturated heterocycles. The first-order valence-electron chi connectivity index (χ1n) is 17.6. The average molecular weight is 628 g/mol. The van der Waals surface area contributed by atoms with E-state index < -0.39 is 6.04 Å². The van der Waals surface area contributed by atoms with Gasteiger partial charge in [0.2, 0.25) is 11.8 Å². The highest BCUT2D eigenvalue weighted by atomic mass is 16.5. The van der Waals surface area contributed by atoms with Crippen LogP contribution in [0.25, 0.3) is 0 Å². The highest BCUT2D eigenvalue weighted by Gasteiger charge is 2.32. The molecule has 45 heavy (non-hydrogen) atoms. The SMILES string of the molecule is C[C@@H]1CCCCO[C@H](CN(C)C(=O)C2CCCCC2)[C@H](C)CN([C@@H](C)CO)C(=O)c2cc(NC(=O)C3CCCCC3)ccc2O1. The largest absolute Gasteiger partial charge is 0.490 e. The molecule has 1 aliphatic heterocycles. The molecule has 252 valence electrons. The smallest absolute Gasteiger partial charge is 0.258 e. The number of anilines is 1. The van der Waals surface area contributed by atoms with Crippen molar-refractivity contribution in [2.45, 2.75) is 122 Å². The van der Waals surface area contributed by atoms with Crippen LogP contribution in [0.3, 0.4) is 0 Å². The highest BCUT2D eigenvalue weighted by Crippen LogP contribution is 2.31. The number of carbonyl (C=O) groups is 3.